The van der Waals surface area contributed by atoms with Crippen LogP contribution in [-0.2, 0) is 0 Å². The molecular weight excluding hydrogens is 172 g/mol. The van der Waals surface area contributed by atoms with E-state index in [1.807, 2.05) is 0 Å². The number of para-hydroxylation sites is 1. The molecule has 0 aliphatic carbocycles. The summed E-state index contributed by atoms with van der Waals surface area (Å²) < 4.78 is 0. The highest BCUT2D eigenvalue weighted by Crippen LogP contribution is 2.24. The molecule has 2 nitrogen and oxygen atoms in total. The van der Waals surface area contributed by atoms with Crippen LogP contribution in [0.3, 0.4) is 0 Å². The second-order valence-corrected chi connectivity index (χ2v) is 3.94. The van der Waals surface area contributed by atoms with Crippen LogP contribution in [-0.4, -0.2) is 19.6 Å². The van der Waals surface area contributed by atoms with E-state index in [1.54, 1.807) is 0 Å². The van der Waals surface area contributed by atoms with Crippen LogP contribution < -0.4 is 10.6 Å². The lowest BCUT2D eigenvalue weighted by Gasteiger charge is -2.29. The molecule has 0 spiro atoms. The molecule has 0 heterocycles. The summed E-state index contributed by atoms with van der Waals surface area (Å²) in [5.74, 6) is 0. The molecule has 1 aromatic carbocycles. The van der Waals surface area contributed by atoms with Gasteiger partial charge in [-0.15, -0.1) is 0 Å². The van der Waals surface area contributed by atoms with Crippen molar-refractivity contribution >= 4 is 5.69 Å². The molecule has 0 aliphatic rings. The third-order valence-electron chi connectivity index (χ3n) is 2.79. The number of nitrogens with two attached hydrogens (primary N) is 1. The maximum atomic E-state index is 5.67. The minimum atomic E-state index is 0.384. The summed E-state index contributed by atoms with van der Waals surface area (Å²) in [6.45, 7) is 7.11. The first kappa shape index (κ1) is 11.1. The molecule has 1 rings (SSSR count). The van der Waals surface area contributed by atoms with E-state index in [9.17, 15) is 0 Å². The van der Waals surface area contributed by atoms with Crippen LogP contribution in [0.5, 0.6) is 0 Å². The summed E-state index contributed by atoms with van der Waals surface area (Å²) >= 11 is 0. The Morgan fingerprint density at radius 2 is 1.79 bits per heavy atom. The number of anilines is 1. The van der Waals surface area contributed by atoms with Crippen LogP contribution >= 0.6 is 0 Å². The molecule has 0 amide bonds. The highest BCUT2D eigenvalue weighted by molar-refractivity contribution is 5.58. The minimum absolute atomic E-state index is 0.384. The third-order valence-corrected chi connectivity index (χ3v) is 2.79. The summed E-state index contributed by atoms with van der Waals surface area (Å²) in [5, 5.41) is 0. The second-order valence-electron chi connectivity index (χ2n) is 3.94. The fraction of sp³-hybridized carbons (Fsp3) is 0.500. The van der Waals surface area contributed by atoms with Gasteiger partial charge in [0.2, 0.25) is 0 Å². The fourth-order valence-electron chi connectivity index (χ4n) is 1.74. The molecular formula is C12H20N2. The minimum Gasteiger partial charge on any atom is -0.370 e. The van der Waals surface area contributed by atoms with Crippen LogP contribution in [0.15, 0.2) is 18.2 Å². The molecule has 2 N–H and O–H groups in total. The summed E-state index contributed by atoms with van der Waals surface area (Å²) in [6.07, 6.45) is 0. The quantitative estimate of drug-likeness (QED) is 0.794. The lowest BCUT2D eigenvalue weighted by Crippen LogP contribution is -2.36. The van der Waals surface area contributed by atoms with Crippen LogP contribution in [0.25, 0.3) is 0 Å². The lowest BCUT2D eigenvalue weighted by atomic mass is 10.1. The molecule has 14 heavy (non-hydrogen) atoms. The zero-order valence-corrected chi connectivity index (χ0v) is 9.54. The predicted molar refractivity (Wildman–Crippen MR) is 62.8 cm³/mol. The Hall–Kier alpha value is -1.02. The number of aryl methyl sites for hydroxylation is 2. The molecule has 0 bridgehead atoms. The zero-order chi connectivity index (χ0) is 10.7. The molecule has 0 aromatic heterocycles. The Labute approximate surface area is 86.7 Å². The number of nitrogens with zero attached hydrogens (tertiary/aromatic N) is 1. The van der Waals surface area contributed by atoms with Crippen LogP contribution in [0, 0.1) is 13.8 Å². The van der Waals surface area contributed by atoms with E-state index in [-0.39, 0.29) is 0 Å². The van der Waals surface area contributed by atoms with Crippen molar-refractivity contribution < 1.29 is 0 Å². The van der Waals surface area contributed by atoms with Crippen molar-refractivity contribution in [2.75, 3.05) is 18.5 Å². The number of hydrogen-bond acceptors (Lipinski definition) is 2. The van der Waals surface area contributed by atoms with E-state index in [0.717, 1.165) is 0 Å². The highest BCUT2D eigenvalue weighted by Gasteiger charge is 2.12. The van der Waals surface area contributed by atoms with Gasteiger partial charge in [0.15, 0.2) is 0 Å². The number of hydrogen-bond donors (Lipinski definition) is 1. The molecule has 1 unspecified atom stereocenters. The number of rotatable bonds is 3. The summed E-state index contributed by atoms with van der Waals surface area (Å²) in [6, 6.07) is 6.76. The molecule has 0 radical (unpaired) electrons. The van der Waals surface area contributed by atoms with Crippen molar-refractivity contribution in [2.45, 2.75) is 26.8 Å². The molecule has 1 aromatic rings. The standard InChI is InChI=1S/C12H20N2/c1-9-6-5-7-10(2)12(9)14(4)11(3)8-13/h5-7,11H,8,13H2,1-4H3. The molecule has 2 heteroatoms. The van der Waals surface area contributed by atoms with Crippen molar-refractivity contribution in [1.82, 2.24) is 0 Å². The van der Waals surface area contributed by atoms with E-state index in [1.165, 1.54) is 16.8 Å². The van der Waals surface area contributed by atoms with Gasteiger partial charge in [0.05, 0.1) is 0 Å². The summed E-state index contributed by atoms with van der Waals surface area (Å²) in [4.78, 5) is 2.25. The van der Waals surface area contributed by atoms with Crippen molar-refractivity contribution in [3.8, 4) is 0 Å². The van der Waals surface area contributed by atoms with Gasteiger partial charge in [0.25, 0.3) is 0 Å². The average Bonchev–Trinajstić information content (AvgIpc) is 2.16. The van der Waals surface area contributed by atoms with Gasteiger partial charge < -0.3 is 10.6 Å². The maximum absolute atomic E-state index is 5.67. The van der Waals surface area contributed by atoms with Crippen molar-refractivity contribution in [2.24, 2.45) is 5.73 Å². The first-order chi connectivity index (χ1) is 6.57. The van der Waals surface area contributed by atoms with Crippen molar-refractivity contribution in [3.63, 3.8) is 0 Å². The summed E-state index contributed by atoms with van der Waals surface area (Å²) in [7, 11) is 2.10. The maximum Gasteiger partial charge on any atom is 0.0425 e. The van der Waals surface area contributed by atoms with E-state index >= 15 is 0 Å². The molecule has 78 valence electrons. The Balaban J connectivity index is 3.05. The van der Waals surface area contributed by atoms with Crippen molar-refractivity contribution in [3.05, 3.63) is 29.3 Å². The number of likely N-dealkylation sites (N-methyl/N-ethyl adjacent to an activating group) is 1. The third kappa shape index (κ3) is 2.07. The van der Waals surface area contributed by atoms with E-state index < -0.39 is 0 Å². The van der Waals surface area contributed by atoms with Gasteiger partial charge >= 0.3 is 0 Å². The fourth-order valence-corrected chi connectivity index (χ4v) is 1.74. The molecule has 0 saturated heterocycles. The smallest absolute Gasteiger partial charge is 0.0425 e. The first-order valence-electron chi connectivity index (χ1n) is 5.07. The molecule has 0 aliphatic heterocycles. The van der Waals surface area contributed by atoms with Gasteiger partial charge in [-0.1, -0.05) is 18.2 Å². The monoisotopic (exact) mass is 192 g/mol. The Morgan fingerprint density at radius 3 is 2.21 bits per heavy atom. The SMILES string of the molecule is Cc1cccc(C)c1N(C)C(C)CN. The molecule has 0 saturated carbocycles. The van der Waals surface area contributed by atoms with Gasteiger partial charge in [-0.25, -0.2) is 0 Å². The van der Waals surface area contributed by atoms with E-state index in [4.69, 9.17) is 5.73 Å². The second kappa shape index (κ2) is 4.47. The Kier molecular flexibility index (Phi) is 3.53. The highest BCUT2D eigenvalue weighted by atomic mass is 15.1. The van der Waals surface area contributed by atoms with Crippen molar-refractivity contribution in [1.29, 1.82) is 0 Å². The van der Waals surface area contributed by atoms with Gasteiger partial charge in [-0.2, -0.15) is 0 Å². The normalized spacial score (nSPS) is 12.6. The zero-order valence-electron chi connectivity index (χ0n) is 9.54. The summed E-state index contributed by atoms with van der Waals surface area (Å²) in [5.41, 5.74) is 9.60. The van der Waals surface area contributed by atoms with Gasteiger partial charge in [0, 0.05) is 25.3 Å². The van der Waals surface area contributed by atoms with E-state index in [0.29, 0.717) is 12.6 Å². The number of benzene rings is 1. The van der Waals surface area contributed by atoms with Crippen LogP contribution in [0.4, 0.5) is 5.69 Å². The lowest BCUT2D eigenvalue weighted by molar-refractivity contribution is 0.692. The van der Waals surface area contributed by atoms with Crippen LogP contribution in [0.2, 0.25) is 0 Å². The van der Waals surface area contributed by atoms with Gasteiger partial charge in [-0.05, 0) is 31.9 Å². The largest absolute Gasteiger partial charge is 0.370 e. The molecule has 0 fully saturated rings. The van der Waals surface area contributed by atoms with E-state index in [2.05, 4.69) is 50.9 Å². The van der Waals surface area contributed by atoms with Gasteiger partial charge in [-0.3, -0.25) is 0 Å². The molecule has 1 atom stereocenters. The Morgan fingerprint density at radius 1 is 1.29 bits per heavy atom. The first-order valence-corrected chi connectivity index (χ1v) is 5.07. The average molecular weight is 192 g/mol. The van der Waals surface area contributed by atoms with Crippen LogP contribution in [0.1, 0.15) is 18.1 Å². The topological polar surface area (TPSA) is 29.3 Å². The Bertz CT molecular complexity index is 287. The predicted octanol–water partition coefficient (Wildman–Crippen LogP) is 2.09. The van der Waals surface area contributed by atoms with Gasteiger partial charge in [0.1, 0.15) is 0 Å².